The van der Waals surface area contributed by atoms with Gasteiger partial charge >= 0.3 is 5.97 Å². The van der Waals surface area contributed by atoms with Crippen molar-refractivity contribution in [3.05, 3.63) is 23.3 Å². The Kier molecular flexibility index (Phi) is 5.17. The Balaban J connectivity index is 2.26. The van der Waals surface area contributed by atoms with Crippen LogP contribution in [-0.4, -0.2) is 17.4 Å². The summed E-state index contributed by atoms with van der Waals surface area (Å²) in [6.45, 7) is 8.86. The number of rotatable bonds is 5. The summed E-state index contributed by atoms with van der Waals surface area (Å²) in [7, 11) is 0. The number of carboxylic acid groups (broad SMARTS) is 1. The maximum absolute atomic E-state index is 11.6. The lowest BCUT2D eigenvalue weighted by atomic mass is 9.47. The van der Waals surface area contributed by atoms with Crippen LogP contribution in [0.15, 0.2) is 23.3 Å². The van der Waals surface area contributed by atoms with Gasteiger partial charge in [0, 0.05) is 6.08 Å². The molecule has 0 amide bonds. The molecule has 3 heteroatoms. The number of allylic oxidation sites excluding steroid dienone is 3. The van der Waals surface area contributed by atoms with E-state index in [0.29, 0.717) is 11.8 Å². The molecule has 1 saturated carbocycles. The van der Waals surface area contributed by atoms with Crippen molar-refractivity contribution in [2.45, 2.75) is 66.2 Å². The molecule has 2 aliphatic carbocycles. The highest BCUT2D eigenvalue weighted by Crippen LogP contribution is 2.61. The summed E-state index contributed by atoms with van der Waals surface area (Å²) in [6.07, 6.45) is 10.7. The van der Waals surface area contributed by atoms with Crippen molar-refractivity contribution in [1.82, 2.24) is 0 Å². The molecule has 0 unspecified atom stereocenters. The van der Waals surface area contributed by atoms with Gasteiger partial charge in [0.1, 0.15) is 6.29 Å². The molecule has 0 aromatic carbocycles. The van der Waals surface area contributed by atoms with Gasteiger partial charge in [-0.25, -0.2) is 4.79 Å². The van der Waals surface area contributed by atoms with E-state index in [2.05, 4.69) is 26.8 Å². The quantitative estimate of drug-likeness (QED) is 0.586. The van der Waals surface area contributed by atoms with E-state index >= 15 is 0 Å². The third-order valence-corrected chi connectivity index (χ3v) is 6.82. The average molecular weight is 318 g/mol. The van der Waals surface area contributed by atoms with Gasteiger partial charge in [0.25, 0.3) is 0 Å². The average Bonchev–Trinajstić information content (AvgIpc) is 2.48. The zero-order chi connectivity index (χ0) is 17.3. The molecule has 2 rings (SSSR count). The van der Waals surface area contributed by atoms with Gasteiger partial charge in [-0.3, -0.25) is 4.79 Å². The number of aldehydes is 1. The van der Waals surface area contributed by atoms with E-state index in [-0.39, 0.29) is 10.8 Å². The lowest BCUT2D eigenvalue weighted by molar-refractivity contribution is -0.131. The van der Waals surface area contributed by atoms with Crippen LogP contribution in [0, 0.1) is 22.7 Å². The number of hydrogen-bond donors (Lipinski definition) is 1. The fourth-order valence-electron chi connectivity index (χ4n) is 5.08. The van der Waals surface area contributed by atoms with Crippen LogP contribution < -0.4 is 0 Å². The Morgan fingerprint density at radius 2 is 2.09 bits per heavy atom. The van der Waals surface area contributed by atoms with Crippen molar-refractivity contribution >= 4 is 12.3 Å². The molecule has 0 spiro atoms. The number of carbonyl (C=O) groups excluding carboxylic acids is 1. The molecule has 0 aliphatic heterocycles. The molecule has 128 valence electrons. The van der Waals surface area contributed by atoms with Crippen molar-refractivity contribution < 1.29 is 14.7 Å². The molecule has 2 aliphatic rings. The molecule has 0 heterocycles. The predicted molar refractivity (Wildman–Crippen MR) is 92.1 cm³/mol. The van der Waals surface area contributed by atoms with Gasteiger partial charge in [0.05, 0.1) is 0 Å². The molecule has 1 fully saturated rings. The summed E-state index contributed by atoms with van der Waals surface area (Å²) in [5.41, 5.74) is 2.07. The number of carboxylic acids is 1. The summed E-state index contributed by atoms with van der Waals surface area (Å²) in [6, 6.07) is 0. The minimum Gasteiger partial charge on any atom is -0.478 e. The summed E-state index contributed by atoms with van der Waals surface area (Å²) in [5, 5.41) is 8.91. The van der Waals surface area contributed by atoms with Gasteiger partial charge in [0.15, 0.2) is 0 Å². The molecular formula is C20H30O3. The maximum Gasteiger partial charge on any atom is 0.328 e. The first-order valence-corrected chi connectivity index (χ1v) is 8.80. The van der Waals surface area contributed by atoms with E-state index in [4.69, 9.17) is 5.11 Å². The summed E-state index contributed by atoms with van der Waals surface area (Å²) in [4.78, 5) is 22.4. The van der Waals surface area contributed by atoms with E-state index in [0.717, 1.165) is 56.0 Å². The van der Waals surface area contributed by atoms with Crippen LogP contribution in [0.25, 0.3) is 0 Å². The fourth-order valence-corrected chi connectivity index (χ4v) is 5.08. The Hall–Kier alpha value is -1.38. The van der Waals surface area contributed by atoms with Crippen LogP contribution in [0.1, 0.15) is 66.2 Å². The fraction of sp³-hybridized carbons (Fsp3) is 0.700. The van der Waals surface area contributed by atoms with Crippen LogP contribution in [0.4, 0.5) is 0 Å². The normalized spacial score (nSPS) is 37.7. The molecule has 0 radical (unpaired) electrons. The number of carbonyl (C=O) groups is 2. The smallest absolute Gasteiger partial charge is 0.328 e. The first-order valence-electron chi connectivity index (χ1n) is 8.80. The summed E-state index contributed by atoms with van der Waals surface area (Å²) in [5.74, 6) is 0.240. The third-order valence-electron chi connectivity index (χ3n) is 6.82. The Bertz CT molecular complexity index is 545. The van der Waals surface area contributed by atoms with Crippen molar-refractivity contribution in [3.8, 4) is 0 Å². The monoisotopic (exact) mass is 318 g/mol. The Morgan fingerprint density at radius 3 is 2.70 bits per heavy atom. The molecule has 3 nitrogen and oxygen atoms in total. The summed E-state index contributed by atoms with van der Waals surface area (Å²) < 4.78 is 0. The van der Waals surface area contributed by atoms with Gasteiger partial charge in [0.2, 0.25) is 0 Å². The SMILES string of the molecule is C/C(=C\C(=O)O)CC[C@@]1(C)[C@H](C)CC[C@@]2(C)C(C=O)=CCC[C@H]12. The lowest BCUT2D eigenvalue weighted by Crippen LogP contribution is -2.50. The second-order valence-electron chi connectivity index (χ2n) is 8.10. The second kappa shape index (κ2) is 6.62. The zero-order valence-corrected chi connectivity index (χ0v) is 14.9. The van der Waals surface area contributed by atoms with Gasteiger partial charge in [-0.2, -0.15) is 0 Å². The second-order valence-corrected chi connectivity index (χ2v) is 8.10. The van der Waals surface area contributed by atoms with E-state index in [9.17, 15) is 9.59 Å². The number of fused-ring (bicyclic) bond motifs is 1. The van der Waals surface area contributed by atoms with Crippen LogP contribution in [0.2, 0.25) is 0 Å². The van der Waals surface area contributed by atoms with Gasteiger partial charge in [-0.1, -0.05) is 32.4 Å². The van der Waals surface area contributed by atoms with Crippen molar-refractivity contribution in [2.75, 3.05) is 0 Å². The highest BCUT2D eigenvalue weighted by molar-refractivity contribution is 5.80. The van der Waals surface area contributed by atoms with Crippen LogP contribution in [0.3, 0.4) is 0 Å². The Morgan fingerprint density at radius 1 is 1.39 bits per heavy atom. The molecule has 23 heavy (non-hydrogen) atoms. The minimum atomic E-state index is -0.863. The van der Waals surface area contributed by atoms with Crippen LogP contribution >= 0.6 is 0 Å². The maximum atomic E-state index is 11.6. The highest BCUT2D eigenvalue weighted by atomic mass is 16.4. The molecule has 1 N–H and O–H groups in total. The molecule has 0 bridgehead atoms. The first-order chi connectivity index (χ1) is 10.7. The number of aliphatic carboxylic acids is 1. The third kappa shape index (κ3) is 3.29. The molecular weight excluding hydrogens is 288 g/mol. The Labute approximate surface area is 139 Å². The van der Waals surface area contributed by atoms with Crippen molar-refractivity contribution in [3.63, 3.8) is 0 Å². The predicted octanol–water partition coefficient (Wildman–Crippen LogP) is 4.78. The standard InChI is InChI=1S/C20H30O3/c1-14(12-18(22)23)8-10-19(3)15(2)9-11-20(4)16(13-21)6-5-7-17(19)20/h6,12-13,15,17H,5,7-11H2,1-4H3,(H,22,23)/b14-12+/t15-,17-,19+,20+/m1/s1. The highest BCUT2D eigenvalue weighted by Gasteiger charge is 2.53. The van der Waals surface area contributed by atoms with E-state index < -0.39 is 5.97 Å². The minimum absolute atomic E-state index is 0.00826. The van der Waals surface area contributed by atoms with E-state index in [1.54, 1.807) is 0 Å². The van der Waals surface area contributed by atoms with Crippen molar-refractivity contribution in [2.24, 2.45) is 22.7 Å². The number of hydrogen-bond acceptors (Lipinski definition) is 2. The van der Waals surface area contributed by atoms with E-state index in [1.807, 2.05) is 6.92 Å². The lowest BCUT2D eigenvalue weighted by Gasteiger charge is -2.57. The molecule has 0 aromatic rings. The molecule has 0 aromatic heterocycles. The topological polar surface area (TPSA) is 54.4 Å². The largest absolute Gasteiger partial charge is 0.478 e. The van der Waals surface area contributed by atoms with Crippen molar-refractivity contribution in [1.29, 1.82) is 0 Å². The van der Waals surface area contributed by atoms with Gasteiger partial charge in [-0.05, 0) is 73.7 Å². The van der Waals surface area contributed by atoms with Crippen LogP contribution in [-0.2, 0) is 9.59 Å². The molecule has 4 atom stereocenters. The van der Waals surface area contributed by atoms with Crippen LogP contribution in [0.5, 0.6) is 0 Å². The zero-order valence-electron chi connectivity index (χ0n) is 14.9. The van der Waals surface area contributed by atoms with E-state index in [1.165, 1.54) is 6.08 Å². The molecule has 0 saturated heterocycles. The summed E-state index contributed by atoms with van der Waals surface area (Å²) >= 11 is 0. The van der Waals surface area contributed by atoms with Gasteiger partial charge in [-0.15, -0.1) is 0 Å². The van der Waals surface area contributed by atoms with Gasteiger partial charge < -0.3 is 5.11 Å². The first kappa shape index (κ1) is 18.0.